The molecule has 3 atom stereocenters. The minimum atomic E-state index is -0.342. The first-order valence-corrected chi connectivity index (χ1v) is 8.42. The Hall–Kier alpha value is -1.62. The molecule has 1 aliphatic heterocycles. The molecule has 1 N–H and O–H groups in total. The summed E-state index contributed by atoms with van der Waals surface area (Å²) in [6, 6.07) is 12.6. The largest absolute Gasteiger partial charge is 0.393 e. The normalized spacial score (nSPS) is 23.9. The van der Waals surface area contributed by atoms with Gasteiger partial charge < -0.3 is 9.84 Å². The number of hydrogen-bond acceptors (Lipinski definition) is 3. The van der Waals surface area contributed by atoms with Crippen LogP contribution in [0.1, 0.15) is 42.6 Å². The van der Waals surface area contributed by atoms with Crippen molar-refractivity contribution in [1.29, 1.82) is 0 Å². The minimum absolute atomic E-state index is 0.0334. The fourth-order valence-corrected chi connectivity index (χ4v) is 3.33. The Bertz CT molecular complexity index is 680. The first-order valence-electron chi connectivity index (χ1n) is 8.04. The molecule has 0 aliphatic carbocycles. The smallest absolute Gasteiger partial charge is 0.171 e. The number of ether oxygens (including phenoxy) is 1. The average molecular weight is 351 g/mol. The number of aliphatic hydroxyl groups is 1. The molecular formula is C19H20ClFO3. The molecule has 1 saturated heterocycles. The molecule has 1 fully saturated rings. The Balaban J connectivity index is 1.80. The SMILES string of the molecule is C[C@@H]1C[C@H](O)C[C@H](c2ccc(Cl)c(Cc3ccc(OF)cc3)c2)O1. The second-order valence-electron chi connectivity index (χ2n) is 6.31. The summed E-state index contributed by atoms with van der Waals surface area (Å²) in [5.41, 5.74) is 3.00. The van der Waals surface area contributed by atoms with Crippen LogP contribution in [0.4, 0.5) is 4.53 Å². The van der Waals surface area contributed by atoms with Gasteiger partial charge in [0.05, 0.1) is 18.3 Å². The molecule has 3 nitrogen and oxygen atoms in total. The zero-order chi connectivity index (χ0) is 17.1. The molecule has 0 amide bonds. The van der Waals surface area contributed by atoms with Crippen molar-refractivity contribution in [3.05, 3.63) is 64.2 Å². The fraction of sp³-hybridized carbons (Fsp3) is 0.368. The molecule has 0 spiro atoms. The van der Waals surface area contributed by atoms with E-state index < -0.39 is 0 Å². The number of benzene rings is 2. The maximum absolute atomic E-state index is 12.1. The van der Waals surface area contributed by atoms with Crippen LogP contribution in [0.25, 0.3) is 0 Å². The lowest BCUT2D eigenvalue weighted by Gasteiger charge is -2.31. The lowest BCUT2D eigenvalue weighted by Crippen LogP contribution is -2.29. The summed E-state index contributed by atoms with van der Waals surface area (Å²) in [6.45, 7) is 1.97. The molecule has 3 rings (SSSR count). The number of hydrogen-bond donors (Lipinski definition) is 1. The van der Waals surface area contributed by atoms with Gasteiger partial charge >= 0.3 is 0 Å². The summed E-state index contributed by atoms with van der Waals surface area (Å²) in [5, 5.41) is 10.6. The Morgan fingerprint density at radius 3 is 2.62 bits per heavy atom. The third kappa shape index (κ3) is 4.07. The van der Waals surface area contributed by atoms with Crippen LogP contribution in [0.3, 0.4) is 0 Å². The molecule has 0 unspecified atom stereocenters. The van der Waals surface area contributed by atoms with E-state index in [-0.39, 0.29) is 24.1 Å². The molecule has 2 aromatic carbocycles. The maximum Gasteiger partial charge on any atom is 0.171 e. The molecule has 2 aromatic rings. The summed E-state index contributed by atoms with van der Waals surface area (Å²) in [6.07, 6.45) is 1.46. The molecule has 24 heavy (non-hydrogen) atoms. The van der Waals surface area contributed by atoms with Crippen molar-refractivity contribution in [2.24, 2.45) is 0 Å². The van der Waals surface area contributed by atoms with Gasteiger partial charge in [-0.1, -0.05) is 35.9 Å². The molecule has 0 bridgehead atoms. The molecule has 5 heteroatoms. The monoisotopic (exact) mass is 350 g/mol. The number of rotatable bonds is 4. The minimum Gasteiger partial charge on any atom is -0.393 e. The highest BCUT2D eigenvalue weighted by Gasteiger charge is 2.27. The van der Waals surface area contributed by atoms with Crippen LogP contribution in [0, 0.1) is 0 Å². The van der Waals surface area contributed by atoms with Gasteiger partial charge in [0.1, 0.15) is 0 Å². The van der Waals surface area contributed by atoms with Gasteiger partial charge in [-0.15, -0.1) is 0 Å². The fourth-order valence-electron chi connectivity index (χ4n) is 3.14. The lowest BCUT2D eigenvalue weighted by atomic mass is 9.94. The van der Waals surface area contributed by atoms with E-state index in [4.69, 9.17) is 16.3 Å². The predicted molar refractivity (Wildman–Crippen MR) is 91.0 cm³/mol. The van der Waals surface area contributed by atoms with E-state index in [1.807, 2.05) is 25.1 Å². The molecule has 0 saturated carbocycles. The van der Waals surface area contributed by atoms with Gasteiger partial charge in [-0.2, -0.15) is 0 Å². The van der Waals surface area contributed by atoms with Crippen LogP contribution in [-0.4, -0.2) is 17.3 Å². The van der Waals surface area contributed by atoms with Crippen LogP contribution in [-0.2, 0) is 11.2 Å². The molecule has 128 valence electrons. The van der Waals surface area contributed by atoms with Gasteiger partial charge in [-0.25, -0.2) is 0 Å². The predicted octanol–water partition coefficient (Wildman–Crippen LogP) is 4.80. The first kappa shape index (κ1) is 17.2. The Morgan fingerprint density at radius 1 is 1.21 bits per heavy atom. The van der Waals surface area contributed by atoms with Crippen LogP contribution in [0.5, 0.6) is 5.75 Å². The quantitative estimate of drug-likeness (QED) is 0.861. The van der Waals surface area contributed by atoms with Gasteiger partial charge in [0.2, 0.25) is 0 Å². The zero-order valence-corrected chi connectivity index (χ0v) is 14.2. The van der Waals surface area contributed by atoms with Crippen LogP contribution < -0.4 is 4.94 Å². The summed E-state index contributed by atoms with van der Waals surface area (Å²) < 4.78 is 18.1. The van der Waals surface area contributed by atoms with Crippen molar-refractivity contribution in [3.8, 4) is 5.75 Å². The average Bonchev–Trinajstić information content (AvgIpc) is 2.56. The van der Waals surface area contributed by atoms with Crippen molar-refractivity contribution in [2.45, 2.75) is 44.5 Å². The summed E-state index contributed by atoms with van der Waals surface area (Å²) in [5.74, 6) is 0.178. The van der Waals surface area contributed by atoms with E-state index >= 15 is 0 Å². The van der Waals surface area contributed by atoms with Gasteiger partial charge in [0, 0.05) is 16.0 Å². The maximum atomic E-state index is 12.1. The van der Waals surface area contributed by atoms with Gasteiger partial charge in [0.25, 0.3) is 0 Å². The van der Waals surface area contributed by atoms with Crippen LogP contribution in [0.2, 0.25) is 5.02 Å². The second kappa shape index (κ2) is 7.51. The van der Waals surface area contributed by atoms with E-state index in [1.165, 1.54) is 0 Å². The van der Waals surface area contributed by atoms with Crippen molar-refractivity contribution in [3.63, 3.8) is 0 Å². The van der Waals surface area contributed by atoms with Crippen molar-refractivity contribution in [2.75, 3.05) is 0 Å². The highest BCUT2D eigenvalue weighted by Crippen LogP contribution is 2.33. The number of aliphatic hydroxyl groups excluding tert-OH is 1. The van der Waals surface area contributed by atoms with E-state index in [0.29, 0.717) is 24.3 Å². The standard InChI is InChI=1S/C19H20ClFO3/c1-12-8-16(22)11-19(23-12)14-4-7-18(20)15(10-14)9-13-2-5-17(24-21)6-3-13/h2-7,10,12,16,19,22H,8-9,11H2,1H3/t12-,16+,19-/m1/s1. The summed E-state index contributed by atoms with van der Waals surface area (Å²) >= 11 is 6.33. The van der Waals surface area contributed by atoms with E-state index in [1.54, 1.807) is 24.3 Å². The zero-order valence-electron chi connectivity index (χ0n) is 13.4. The third-order valence-corrected chi connectivity index (χ3v) is 4.70. The second-order valence-corrected chi connectivity index (χ2v) is 6.72. The Morgan fingerprint density at radius 2 is 1.96 bits per heavy atom. The van der Waals surface area contributed by atoms with Crippen molar-refractivity contribution < 1.29 is 19.3 Å². The van der Waals surface area contributed by atoms with Crippen LogP contribution in [0.15, 0.2) is 42.5 Å². The number of halogens is 2. The topological polar surface area (TPSA) is 38.7 Å². The van der Waals surface area contributed by atoms with E-state index in [2.05, 4.69) is 4.94 Å². The Kier molecular flexibility index (Phi) is 5.39. The highest BCUT2D eigenvalue weighted by atomic mass is 35.5. The Labute approximate surface area is 145 Å². The van der Waals surface area contributed by atoms with Gasteiger partial charge in [-0.05, 0) is 54.7 Å². The lowest BCUT2D eigenvalue weighted by molar-refractivity contribution is -0.0895. The van der Waals surface area contributed by atoms with E-state index in [0.717, 1.165) is 16.7 Å². The summed E-state index contributed by atoms with van der Waals surface area (Å²) in [4.78, 5) is 3.70. The molecule has 1 heterocycles. The van der Waals surface area contributed by atoms with Gasteiger partial charge in [0.15, 0.2) is 5.75 Å². The first-order chi connectivity index (χ1) is 11.5. The van der Waals surface area contributed by atoms with Crippen LogP contribution >= 0.6 is 11.6 Å². The molecule has 0 aromatic heterocycles. The summed E-state index contributed by atoms with van der Waals surface area (Å²) in [7, 11) is 0. The van der Waals surface area contributed by atoms with E-state index in [9.17, 15) is 9.63 Å². The molecule has 1 aliphatic rings. The molecule has 0 radical (unpaired) electrons. The van der Waals surface area contributed by atoms with Crippen molar-refractivity contribution >= 4 is 11.6 Å². The third-order valence-electron chi connectivity index (χ3n) is 4.34. The van der Waals surface area contributed by atoms with Gasteiger partial charge in [-0.3, -0.25) is 4.94 Å². The molecular weight excluding hydrogens is 331 g/mol. The highest BCUT2D eigenvalue weighted by molar-refractivity contribution is 6.31. The van der Waals surface area contributed by atoms with Crippen molar-refractivity contribution in [1.82, 2.24) is 0 Å².